The number of aliphatic hydroxyl groups excluding tert-OH is 1. The van der Waals surface area contributed by atoms with Gasteiger partial charge in [-0.15, -0.1) is 0 Å². The van der Waals surface area contributed by atoms with E-state index >= 15 is 0 Å². The molecule has 1 aliphatic heterocycles. The number of hydrogen-bond acceptors (Lipinski definition) is 6. The molecule has 0 radical (unpaired) electrons. The summed E-state index contributed by atoms with van der Waals surface area (Å²) >= 11 is 0. The maximum absolute atomic E-state index is 13.0. The van der Waals surface area contributed by atoms with Gasteiger partial charge in [0, 0.05) is 35.9 Å². The van der Waals surface area contributed by atoms with Crippen molar-refractivity contribution in [3.8, 4) is 5.75 Å². The van der Waals surface area contributed by atoms with Crippen LogP contribution in [0.3, 0.4) is 0 Å². The lowest BCUT2D eigenvalue weighted by Crippen LogP contribution is -2.58. The average molecular weight is 464 g/mol. The summed E-state index contributed by atoms with van der Waals surface area (Å²) in [7, 11) is 1.59. The third-order valence-electron chi connectivity index (χ3n) is 6.18. The van der Waals surface area contributed by atoms with Gasteiger partial charge in [0.1, 0.15) is 5.75 Å². The first-order valence-electron chi connectivity index (χ1n) is 11.2. The molecule has 178 valence electrons. The van der Waals surface area contributed by atoms with Crippen molar-refractivity contribution in [1.82, 2.24) is 15.2 Å². The van der Waals surface area contributed by atoms with E-state index in [0.717, 1.165) is 16.6 Å². The van der Waals surface area contributed by atoms with Gasteiger partial charge < -0.3 is 30.7 Å². The number of carbonyl (C=O) groups is 2. The first-order chi connectivity index (χ1) is 16.5. The highest BCUT2D eigenvalue weighted by Gasteiger charge is 2.35. The van der Waals surface area contributed by atoms with E-state index < -0.39 is 5.54 Å². The van der Waals surface area contributed by atoms with E-state index in [9.17, 15) is 14.7 Å². The monoisotopic (exact) mass is 463 g/mol. The van der Waals surface area contributed by atoms with Crippen LogP contribution in [0.15, 0.2) is 60.8 Å². The number of rotatable bonds is 7. The van der Waals surface area contributed by atoms with E-state index in [1.54, 1.807) is 24.3 Å². The molecule has 0 spiro atoms. The molecule has 1 aliphatic rings. The van der Waals surface area contributed by atoms with Gasteiger partial charge in [0.25, 0.3) is 0 Å². The van der Waals surface area contributed by atoms with Gasteiger partial charge >= 0.3 is 6.03 Å². The number of amides is 3. The van der Waals surface area contributed by atoms with Crippen LogP contribution in [-0.2, 0) is 4.79 Å². The van der Waals surface area contributed by atoms with Gasteiger partial charge in [-0.1, -0.05) is 18.2 Å². The van der Waals surface area contributed by atoms with Crippen LogP contribution in [0.5, 0.6) is 5.75 Å². The van der Waals surface area contributed by atoms with Gasteiger partial charge in [0.2, 0.25) is 5.91 Å². The van der Waals surface area contributed by atoms with Crippen molar-refractivity contribution in [3.63, 3.8) is 0 Å². The van der Waals surface area contributed by atoms with Crippen LogP contribution in [0.25, 0.3) is 10.9 Å². The molecule has 2 aromatic carbocycles. The summed E-state index contributed by atoms with van der Waals surface area (Å²) in [5, 5.41) is 19.8. The number of para-hydroxylation sites is 1. The van der Waals surface area contributed by atoms with E-state index in [2.05, 4.69) is 20.9 Å². The average Bonchev–Trinajstić information content (AvgIpc) is 2.88. The van der Waals surface area contributed by atoms with Crippen molar-refractivity contribution in [2.75, 3.05) is 44.0 Å². The first kappa shape index (κ1) is 23.5. The Morgan fingerprint density at radius 2 is 1.85 bits per heavy atom. The minimum Gasteiger partial charge on any atom is -0.497 e. The number of fused-ring (bicyclic) bond motifs is 1. The van der Waals surface area contributed by atoms with E-state index in [4.69, 9.17) is 4.74 Å². The number of ether oxygens (including phenoxy) is 1. The van der Waals surface area contributed by atoms with Crippen molar-refractivity contribution in [1.29, 1.82) is 0 Å². The summed E-state index contributed by atoms with van der Waals surface area (Å²) in [6, 6.07) is 16.3. The van der Waals surface area contributed by atoms with Gasteiger partial charge in [0.05, 0.1) is 31.5 Å². The zero-order chi connectivity index (χ0) is 24.0. The lowest BCUT2D eigenvalue weighted by molar-refractivity contribution is -0.116. The molecule has 0 unspecified atom stereocenters. The minimum absolute atomic E-state index is 0.0759. The molecule has 2 heterocycles. The molecule has 1 saturated heterocycles. The summed E-state index contributed by atoms with van der Waals surface area (Å²) < 4.78 is 5.30. The first-order valence-corrected chi connectivity index (χ1v) is 11.2. The Hall–Kier alpha value is -3.69. The standard InChI is InChI=1S/C25H29N5O4/c1-34-19-7-8-21-20(15-19)22(9-12-26-21)29-24(33)30-13-10-25(17-31,11-14-30)27-16-23(32)28-18-5-3-2-4-6-18/h2-9,12,15,27,31H,10-11,13-14,16-17H2,1H3,(H,28,32)(H,26,29,33). The van der Waals surface area contributed by atoms with Gasteiger partial charge in [-0.05, 0) is 49.2 Å². The van der Waals surface area contributed by atoms with E-state index in [0.29, 0.717) is 37.4 Å². The Morgan fingerprint density at radius 1 is 1.09 bits per heavy atom. The zero-order valence-electron chi connectivity index (χ0n) is 19.1. The normalized spacial score (nSPS) is 15.1. The van der Waals surface area contributed by atoms with Gasteiger partial charge in [-0.2, -0.15) is 0 Å². The summed E-state index contributed by atoms with van der Waals surface area (Å²) in [4.78, 5) is 31.3. The molecule has 3 amide bonds. The fourth-order valence-corrected chi connectivity index (χ4v) is 4.08. The maximum atomic E-state index is 13.0. The SMILES string of the molecule is COc1ccc2nccc(NC(=O)N3CCC(CO)(NCC(=O)Nc4ccccc4)CC3)c2c1. The lowest BCUT2D eigenvalue weighted by atomic mass is 9.88. The highest BCUT2D eigenvalue weighted by molar-refractivity contribution is 6.00. The number of nitrogens with one attached hydrogen (secondary N) is 3. The number of pyridine rings is 1. The third kappa shape index (κ3) is 5.44. The molecule has 0 aliphatic carbocycles. The molecule has 0 bridgehead atoms. The lowest BCUT2D eigenvalue weighted by Gasteiger charge is -2.41. The fraction of sp³-hybridized carbons (Fsp3) is 0.320. The number of hydrogen-bond donors (Lipinski definition) is 4. The van der Waals surface area contributed by atoms with Crippen LogP contribution >= 0.6 is 0 Å². The number of aromatic nitrogens is 1. The zero-order valence-corrected chi connectivity index (χ0v) is 19.1. The predicted octanol–water partition coefficient (Wildman–Crippen LogP) is 2.83. The Kier molecular flexibility index (Phi) is 7.24. The number of aliphatic hydroxyl groups is 1. The number of urea groups is 1. The Bertz CT molecular complexity index is 1150. The number of likely N-dealkylation sites (tertiary alicyclic amines) is 1. The van der Waals surface area contributed by atoms with Crippen molar-refractivity contribution in [2.24, 2.45) is 0 Å². The van der Waals surface area contributed by atoms with E-state index in [-0.39, 0.29) is 25.1 Å². The van der Waals surface area contributed by atoms with Crippen LogP contribution in [0.1, 0.15) is 12.8 Å². The molecule has 9 nitrogen and oxygen atoms in total. The van der Waals surface area contributed by atoms with Gasteiger partial charge in [-0.3, -0.25) is 9.78 Å². The molecule has 0 atom stereocenters. The number of piperidine rings is 1. The van der Waals surface area contributed by atoms with Crippen LogP contribution in [0.2, 0.25) is 0 Å². The van der Waals surface area contributed by atoms with Crippen LogP contribution in [-0.4, -0.2) is 65.8 Å². The highest BCUT2D eigenvalue weighted by atomic mass is 16.5. The number of carbonyl (C=O) groups excluding carboxylic acids is 2. The molecule has 4 N–H and O–H groups in total. The van der Waals surface area contributed by atoms with Gasteiger partial charge in [-0.25, -0.2) is 4.79 Å². The van der Waals surface area contributed by atoms with Gasteiger partial charge in [0.15, 0.2) is 0 Å². The van der Waals surface area contributed by atoms with E-state index in [1.165, 1.54) is 0 Å². The highest BCUT2D eigenvalue weighted by Crippen LogP contribution is 2.27. The maximum Gasteiger partial charge on any atom is 0.321 e. The smallest absolute Gasteiger partial charge is 0.321 e. The second kappa shape index (κ2) is 10.5. The van der Waals surface area contributed by atoms with Crippen molar-refractivity contribution in [2.45, 2.75) is 18.4 Å². The van der Waals surface area contributed by atoms with Crippen LogP contribution in [0.4, 0.5) is 16.2 Å². The van der Waals surface area contributed by atoms with Crippen molar-refractivity contribution >= 4 is 34.2 Å². The molecule has 9 heteroatoms. The molecular weight excluding hydrogens is 434 g/mol. The van der Waals surface area contributed by atoms with Crippen LogP contribution in [0, 0.1) is 0 Å². The number of methoxy groups -OCH3 is 1. The largest absolute Gasteiger partial charge is 0.497 e. The summed E-state index contributed by atoms with van der Waals surface area (Å²) in [5.41, 5.74) is 1.53. The number of anilines is 2. The fourth-order valence-electron chi connectivity index (χ4n) is 4.08. The second-order valence-electron chi connectivity index (χ2n) is 8.36. The second-order valence-corrected chi connectivity index (χ2v) is 8.36. The number of benzene rings is 2. The number of nitrogens with zero attached hydrogens (tertiary/aromatic N) is 2. The quantitative estimate of drug-likeness (QED) is 0.428. The summed E-state index contributed by atoms with van der Waals surface area (Å²) in [6.45, 7) is 0.862. The Labute approximate surface area is 198 Å². The molecule has 3 aromatic rings. The molecular formula is C25H29N5O4. The topological polar surface area (TPSA) is 116 Å². The summed E-state index contributed by atoms with van der Waals surface area (Å²) in [6.07, 6.45) is 2.71. The minimum atomic E-state index is -0.610. The van der Waals surface area contributed by atoms with Crippen molar-refractivity contribution in [3.05, 3.63) is 60.8 Å². The Balaban J connectivity index is 1.33. The van der Waals surface area contributed by atoms with E-state index in [1.807, 2.05) is 48.5 Å². The molecule has 34 heavy (non-hydrogen) atoms. The molecule has 1 fully saturated rings. The van der Waals surface area contributed by atoms with Crippen molar-refractivity contribution < 1.29 is 19.4 Å². The molecule has 0 saturated carbocycles. The predicted molar refractivity (Wildman–Crippen MR) is 131 cm³/mol. The molecule has 4 rings (SSSR count). The molecule has 1 aromatic heterocycles. The Morgan fingerprint density at radius 3 is 2.56 bits per heavy atom. The third-order valence-corrected chi connectivity index (χ3v) is 6.18. The van der Waals surface area contributed by atoms with Crippen LogP contribution < -0.4 is 20.7 Å². The summed E-state index contributed by atoms with van der Waals surface area (Å²) in [5.74, 6) is 0.503.